The molecule has 0 aliphatic heterocycles. The van der Waals surface area contributed by atoms with Crippen LogP contribution in [0.15, 0.2) is 0 Å². The highest BCUT2D eigenvalue weighted by atomic mass is 31.2. The Morgan fingerprint density at radius 3 is 1.15 bits per heavy atom. The maximum absolute atomic E-state index is 12.8. The molecular formula is C47H93O12P. The van der Waals surface area contributed by atoms with Crippen LogP contribution in [-0.4, -0.2) is 98.9 Å². The van der Waals surface area contributed by atoms with E-state index in [0.29, 0.717) is 13.0 Å². The molecule has 1 saturated carbocycles. The molecule has 0 aromatic heterocycles. The van der Waals surface area contributed by atoms with E-state index in [4.69, 9.17) is 18.5 Å². The Hall–Kier alpha value is -0.660. The summed E-state index contributed by atoms with van der Waals surface area (Å²) in [4.78, 5) is 23.2. The van der Waals surface area contributed by atoms with Crippen LogP contribution in [0.2, 0.25) is 0 Å². The van der Waals surface area contributed by atoms with Crippen molar-refractivity contribution < 1.29 is 58.3 Å². The molecule has 1 fully saturated rings. The first-order valence-corrected chi connectivity index (χ1v) is 26.4. The third-order valence-electron chi connectivity index (χ3n) is 12.0. The molecule has 0 spiro atoms. The van der Waals surface area contributed by atoms with Gasteiger partial charge in [0.25, 0.3) is 0 Å². The summed E-state index contributed by atoms with van der Waals surface area (Å²) in [5.74, 6) is -0.470. The molecule has 0 radical (unpaired) electrons. The molecule has 6 atom stereocenters. The van der Waals surface area contributed by atoms with Gasteiger partial charge in [0.1, 0.15) is 42.7 Å². The number of carbonyl (C=O) groups is 1. The van der Waals surface area contributed by atoms with Crippen LogP contribution in [0.4, 0.5) is 0 Å². The fraction of sp³-hybridized carbons (Fsp3) is 0.979. The Morgan fingerprint density at radius 1 is 0.467 bits per heavy atom. The Kier molecular flexibility index (Phi) is 37.1. The molecule has 6 N–H and O–H groups in total. The van der Waals surface area contributed by atoms with Gasteiger partial charge in [0.2, 0.25) is 0 Å². The molecule has 0 aromatic carbocycles. The zero-order valence-corrected chi connectivity index (χ0v) is 39.2. The van der Waals surface area contributed by atoms with Crippen molar-refractivity contribution >= 4 is 13.8 Å². The highest BCUT2D eigenvalue weighted by Gasteiger charge is 2.51. The van der Waals surface area contributed by atoms with E-state index in [1.165, 1.54) is 167 Å². The van der Waals surface area contributed by atoms with E-state index in [0.717, 1.165) is 38.5 Å². The molecular weight excluding hydrogens is 787 g/mol. The van der Waals surface area contributed by atoms with Gasteiger partial charge in [0, 0.05) is 13.0 Å². The zero-order valence-electron chi connectivity index (χ0n) is 38.3. The van der Waals surface area contributed by atoms with Gasteiger partial charge >= 0.3 is 13.8 Å². The second-order valence-corrected chi connectivity index (χ2v) is 19.1. The molecule has 6 unspecified atom stereocenters. The number of hydrogen-bond donors (Lipinski definition) is 6. The predicted molar refractivity (Wildman–Crippen MR) is 240 cm³/mol. The van der Waals surface area contributed by atoms with E-state index < -0.39 is 63.1 Å². The maximum atomic E-state index is 12.8. The lowest BCUT2D eigenvalue weighted by atomic mass is 9.85. The molecule has 1 aliphatic rings. The molecule has 1 aliphatic carbocycles. The first kappa shape index (κ1) is 57.4. The standard InChI is InChI=1S/C47H93O12P/c1-3-5-7-9-11-13-15-17-18-19-20-21-22-23-24-26-28-30-32-34-36-41(48)58-40(38-56-37-35-33-31-29-27-25-16-14-12-10-8-6-4-2)39-57-60(54,55)59-47-45(52)43(50)42(49)44(51)46(47)53/h40,42-47,49-53H,3-39H2,1-2H3,(H,54,55). The van der Waals surface area contributed by atoms with Gasteiger partial charge in [-0.05, 0) is 12.8 Å². The molecule has 0 bridgehead atoms. The molecule has 0 amide bonds. The third kappa shape index (κ3) is 30.4. The van der Waals surface area contributed by atoms with Crippen LogP contribution in [0.25, 0.3) is 0 Å². The monoisotopic (exact) mass is 881 g/mol. The molecule has 60 heavy (non-hydrogen) atoms. The summed E-state index contributed by atoms with van der Waals surface area (Å²) < 4.78 is 34.2. The van der Waals surface area contributed by atoms with Gasteiger partial charge in [0.15, 0.2) is 0 Å². The molecule has 0 aromatic rings. The topological polar surface area (TPSA) is 192 Å². The lowest BCUT2D eigenvalue weighted by Crippen LogP contribution is -2.64. The highest BCUT2D eigenvalue weighted by Crippen LogP contribution is 2.47. The largest absolute Gasteiger partial charge is 0.472 e. The molecule has 13 heteroatoms. The first-order valence-electron chi connectivity index (χ1n) is 24.9. The zero-order chi connectivity index (χ0) is 44.1. The smallest absolute Gasteiger partial charge is 0.457 e. The average molecular weight is 881 g/mol. The van der Waals surface area contributed by atoms with Gasteiger partial charge in [-0.3, -0.25) is 13.8 Å². The number of phosphoric ester groups is 1. The van der Waals surface area contributed by atoms with Crippen LogP contribution in [0, 0.1) is 0 Å². The summed E-state index contributed by atoms with van der Waals surface area (Å²) in [7, 11) is -5.01. The van der Waals surface area contributed by atoms with Crippen LogP contribution in [0.1, 0.15) is 232 Å². The van der Waals surface area contributed by atoms with Gasteiger partial charge in [-0.25, -0.2) is 4.57 Å². The minimum absolute atomic E-state index is 0.0679. The Bertz CT molecular complexity index is 1000. The van der Waals surface area contributed by atoms with Crippen molar-refractivity contribution in [3.8, 4) is 0 Å². The lowest BCUT2D eigenvalue weighted by Gasteiger charge is -2.41. The summed E-state index contributed by atoms with van der Waals surface area (Å²) in [5, 5.41) is 50.2. The molecule has 358 valence electrons. The Labute approximate surface area is 365 Å². The van der Waals surface area contributed by atoms with Crippen LogP contribution in [-0.2, 0) is 27.9 Å². The lowest BCUT2D eigenvalue weighted by molar-refractivity contribution is -0.220. The number of aliphatic hydroxyl groups is 5. The summed E-state index contributed by atoms with van der Waals surface area (Å²) in [6.45, 7) is 4.30. The molecule has 0 saturated heterocycles. The number of aliphatic hydroxyl groups excluding tert-OH is 5. The number of esters is 1. The molecule has 12 nitrogen and oxygen atoms in total. The van der Waals surface area contributed by atoms with E-state index in [1.54, 1.807) is 0 Å². The van der Waals surface area contributed by atoms with Crippen molar-refractivity contribution in [1.82, 2.24) is 0 Å². The first-order chi connectivity index (χ1) is 29.0. The van der Waals surface area contributed by atoms with Gasteiger partial charge in [0.05, 0.1) is 13.2 Å². The van der Waals surface area contributed by atoms with E-state index >= 15 is 0 Å². The normalized spacial score (nSPS) is 22.2. The van der Waals surface area contributed by atoms with E-state index in [9.17, 15) is 39.8 Å². The Balaban J connectivity index is 2.32. The minimum Gasteiger partial charge on any atom is -0.457 e. The summed E-state index contributed by atoms with van der Waals surface area (Å²) >= 11 is 0. The second kappa shape index (κ2) is 38.8. The predicted octanol–water partition coefficient (Wildman–Crippen LogP) is 10.5. The average Bonchev–Trinajstić information content (AvgIpc) is 3.23. The van der Waals surface area contributed by atoms with E-state index in [-0.39, 0.29) is 13.0 Å². The van der Waals surface area contributed by atoms with Crippen molar-refractivity contribution in [2.45, 2.75) is 275 Å². The fourth-order valence-corrected chi connectivity index (χ4v) is 8.98. The highest BCUT2D eigenvalue weighted by molar-refractivity contribution is 7.47. The van der Waals surface area contributed by atoms with Crippen molar-refractivity contribution in [1.29, 1.82) is 0 Å². The molecule has 1 rings (SSSR count). The maximum Gasteiger partial charge on any atom is 0.472 e. The summed E-state index contributed by atoms with van der Waals surface area (Å²) in [6.07, 6.45) is 28.9. The van der Waals surface area contributed by atoms with Gasteiger partial charge in [-0.1, -0.05) is 213 Å². The number of unbranched alkanes of at least 4 members (excludes halogenated alkanes) is 31. The number of rotatable bonds is 43. The summed E-state index contributed by atoms with van der Waals surface area (Å²) in [6, 6.07) is 0. The minimum atomic E-state index is -5.01. The van der Waals surface area contributed by atoms with Crippen LogP contribution in [0.3, 0.4) is 0 Å². The van der Waals surface area contributed by atoms with Crippen LogP contribution >= 0.6 is 7.82 Å². The van der Waals surface area contributed by atoms with Crippen molar-refractivity contribution in [2.24, 2.45) is 0 Å². The van der Waals surface area contributed by atoms with Gasteiger partial charge < -0.3 is 39.9 Å². The van der Waals surface area contributed by atoms with E-state index in [2.05, 4.69) is 13.8 Å². The quantitative estimate of drug-likeness (QED) is 0.0193. The number of hydrogen-bond acceptors (Lipinski definition) is 11. The summed E-state index contributed by atoms with van der Waals surface area (Å²) in [5.41, 5.74) is 0. The number of carbonyl (C=O) groups excluding carboxylic acids is 1. The van der Waals surface area contributed by atoms with E-state index in [1.807, 2.05) is 0 Å². The fourth-order valence-electron chi connectivity index (χ4n) is 8.01. The van der Waals surface area contributed by atoms with Gasteiger partial charge in [-0.15, -0.1) is 0 Å². The number of phosphoric acid groups is 1. The van der Waals surface area contributed by atoms with Crippen molar-refractivity contribution in [3.05, 3.63) is 0 Å². The van der Waals surface area contributed by atoms with Gasteiger partial charge in [-0.2, -0.15) is 0 Å². The van der Waals surface area contributed by atoms with Crippen molar-refractivity contribution in [3.63, 3.8) is 0 Å². The van der Waals surface area contributed by atoms with Crippen LogP contribution in [0.5, 0.6) is 0 Å². The van der Waals surface area contributed by atoms with Crippen LogP contribution < -0.4 is 0 Å². The Morgan fingerprint density at radius 2 is 0.783 bits per heavy atom. The second-order valence-electron chi connectivity index (χ2n) is 17.7. The molecule has 0 heterocycles. The SMILES string of the molecule is CCCCCCCCCCCCCCCCCCCCCCC(=O)OC(COCCCCCCCCCCCCCCC)COP(=O)(O)OC1C(O)C(O)C(O)C(O)C1O. The third-order valence-corrected chi connectivity index (χ3v) is 13.0. The van der Waals surface area contributed by atoms with Crippen molar-refractivity contribution in [2.75, 3.05) is 19.8 Å². The number of ether oxygens (including phenoxy) is 2.